The summed E-state index contributed by atoms with van der Waals surface area (Å²) in [5.74, 6) is -0.211. The van der Waals surface area contributed by atoms with Gasteiger partial charge in [0.15, 0.2) is 0 Å². The van der Waals surface area contributed by atoms with E-state index in [9.17, 15) is 4.79 Å². The molecule has 0 aliphatic rings. The molecule has 0 aliphatic carbocycles. The minimum atomic E-state index is -0.211. The first-order valence-corrected chi connectivity index (χ1v) is 6.20. The number of nitrogens with two attached hydrogens (primary N) is 1. The molecule has 0 saturated carbocycles. The van der Waals surface area contributed by atoms with E-state index in [1.165, 1.54) is 4.68 Å². The van der Waals surface area contributed by atoms with Crippen LogP contribution in [0.5, 0.6) is 0 Å². The van der Waals surface area contributed by atoms with E-state index >= 15 is 0 Å². The fourth-order valence-electron chi connectivity index (χ4n) is 1.58. The van der Waals surface area contributed by atoms with Gasteiger partial charge in [-0.3, -0.25) is 4.79 Å². The Kier molecular flexibility index (Phi) is 4.48. The summed E-state index contributed by atoms with van der Waals surface area (Å²) in [5.41, 5.74) is 6.77. The highest BCUT2D eigenvalue weighted by Crippen LogP contribution is 2.20. The van der Waals surface area contributed by atoms with Gasteiger partial charge in [-0.25, -0.2) is 4.68 Å². The fraction of sp³-hybridized carbons (Fsp3) is 0.250. The van der Waals surface area contributed by atoms with E-state index in [-0.39, 0.29) is 12.5 Å². The second-order valence-corrected chi connectivity index (χ2v) is 4.38. The van der Waals surface area contributed by atoms with Crippen LogP contribution in [0.2, 0.25) is 5.02 Å². The monoisotopic (exact) mass is 279 g/mol. The third kappa shape index (κ3) is 3.77. The van der Waals surface area contributed by atoms with Gasteiger partial charge in [-0.05, 0) is 18.7 Å². The number of para-hydroxylation sites is 1. The molecule has 0 saturated heterocycles. The third-order valence-corrected chi connectivity index (χ3v) is 2.77. The SMILES string of the molecule is NCCc1cn(CC(=O)Nc2ccccc2Cl)nn1. The van der Waals surface area contributed by atoms with Gasteiger partial charge in [-0.15, -0.1) is 5.10 Å². The van der Waals surface area contributed by atoms with E-state index in [1.54, 1.807) is 30.5 Å². The molecule has 1 heterocycles. The van der Waals surface area contributed by atoms with Crippen molar-refractivity contribution in [2.45, 2.75) is 13.0 Å². The number of rotatable bonds is 5. The second-order valence-electron chi connectivity index (χ2n) is 3.97. The van der Waals surface area contributed by atoms with E-state index in [4.69, 9.17) is 17.3 Å². The molecule has 0 bridgehead atoms. The van der Waals surface area contributed by atoms with Crippen molar-refractivity contribution in [3.05, 3.63) is 41.2 Å². The summed E-state index contributed by atoms with van der Waals surface area (Å²) in [7, 11) is 0. The van der Waals surface area contributed by atoms with Gasteiger partial charge in [-0.1, -0.05) is 28.9 Å². The number of benzene rings is 1. The minimum Gasteiger partial charge on any atom is -0.330 e. The van der Waals surface area contributed by atoms with Gasteiger partial charge in [-0.2, -0.15) is 0 Å². The molecule has 0 atom stereocenters. The van der Waals surface area contributed by atoms with Gasteiger partial charge in [0.25, 0.3) is 0 Å². The summed E-state index contributed by atoms with van der Waals surface area (Å²) in [5, 5.41) is 11.0. The number of nitrogens with one attached hydrogen (secondary N) is 1. The van der Waals surface area contributed by atoms with E-state index in [0.29, 0.717) is 23.7 Å². The summed E-state index contributed by atoms with van der Waals surface area (Å²) in [6, 6.07) is 7.05. The molecule has 1 amide bonds. The maximum Gasteiger partial charge on any atom is 0.246 e. The second kappa shape index (κ2) is 6.31. The first kappa shape index (κ1) is 13.5. The molecule has 3 N–H and O–H groups in total. The van der Waals surface area contributed by atoms with Crippen molar-refractivity contribution in [3.63, 3.8) is 0 Å². The highest BCUT2D eigenvalue weighted by Gasteiger charge is 2.07. The number of aromatic nitrogens is 3. The first-order chi connectivity index (χ1) is 9.19. The summed E-state index contributed by atoms with van der Waals surface area (Å²) in [6.07, 6.45) is 2.35. The first-order valence-electron chi connectivity index (χ1n) is 5.82. The van der Waals surface area contributed by atoms with Crippen molar-refractivity contribution in [1.29, 1.82) is 0 Å². The van der Waals surface area contributed by atoms with Crippen LogP contribution < -0.4 is 11.1 Å². The molecule has 0 radical (unpaired) electrons. The lowest BCUT2D eigenvalue weighted by Gasteiger charge is -2.06. The standard InChI is InChI=1S/C12H14ClN5O/c13-10-3-1-2-4-11(10)15-12(19)8-18-7-9(5-6-14)16-17-18/h1-4,7H,5-6,8,14H2,(H,15,19). The van der Waals surface area contributed by atoms with Gasteiger partial charge < -0.3 is 11.1 Å². The average molecular weight is 280 g/mol. The molecule has 0 spiro atoms. The van der Waals surface area contributed by atoms with Crippen molar-refractivity contribution < 1.29 is 4.79 Å². The number of carbonyl (C=O) groups is 1. The molecule has 100 valence electrons. The smallest absolute Gasteiger partial charge is 0.246 e. The van der Waals surface area contributed by atoms with E-state index in [0.717, 1.165) is 5.69 Å². The van der Waals surface area contributed by atoms with Crippen LogP contribution in [0.3, 0.4) is 0 Å². The van der Waals surface area contributed by atoms with Crippen molar-refractivity contribution in [2.24, 2.45) is 5.73 Å². The van der Waals surface area contributed by atoms with Crippen LogP contribution in [-0.4, -0.2) is 27.4 Å². The molecule has 2 rings (SSSR count). The summed E-state index contributed by atoms with van der Waals surface area (Å²) >= 11 is 5.95. The Morgan fingerprint density at radius 1 is 1.42 bits per heavy atom. The fourth-order valence-corrected chi connectivity index (χ4v) is 1.76. The van der Waals surface area contributed by atoms with Gasteiger partial charge in [0.05, 0.1) is 16.4 Å². The number of hydrogen-bond acceptors (Lipinski definition) is 4. The lowest BCUT2D eigenvalue weighted by molar-refractivity contribution is -0.116. The van der Waals surface area contributed by atoms with Gasteiger partial charge in [0.2, 0.25) is 5.91 Å². The van der Waals surface area contributed by atoms with E-state index < -0.39 is 0 Å². The van der Waals surface area contributed by atoms with Gasteiger partial charge in [0.1, 0.15) is 6.54 Å². The average Bonchev–Trinajstić information content (AvgIpc) is 2.80. The third-order valence-electron chi connectivity index (χ3n) is 2.44. The Morgan fingerprint density at radius 3 is 2.95 bits per heavy atom. The van der Waals surface area contributed by atoms with Crippen molar-refractivity contribution in [3.8, 4) is 0 Å². The Bertz CT molecular complexity index is 569. The number of halogens is 1. The molecule has 0 fully saturated rings. The topological polar surface area (TPSA) is 85.8 Å². The maximum absolute atomic E-state index is 11.8. The van der Waals surface area contributed by atoms with Crippen molar-refractivity contribution in [1.82, 2.24) is 15.0 Å². The number of amides is 1. The quantitative estimate of drug-likeness (QED) is 0.857. The van der Waals surface area contributed by atoms with Gasteiger partial charge >= 0.3 is 0 Å². The van der Waals surface area contributed by atoms with Crippen molar-refractivity contribution >= 4 is 23.2 Å². The Balaban J connectivity index is 1.95. The predicted octanol–water partition coefficient (Wildman–Crippen LogP) is 1.07. The summed E-state index contributed by atoms with van der Waals surface area (Å²) < 4.78 is 1.47. The van der Waals surface area contributed by atoms with Crippen LogP contribution in [-0.2, 0) is 17.8 Å². The number of hydrogen-bond donors (Lipinski definition) is 2. The summed E-state index contributed by atoms with van der Waals surface area (Å²) in [6.45, 7) is 0.591. The molecule has 6 nitrogen and oxygen atoms in total. The van der Waals surface area contributed by atoms with Crippen LogP contribution in [0, 0.1) is 0 Å². The number of anilines is 1. The molecular weight excluding hydrogens is 266 g/mol. The highest BCUT2D eigenvalue weighted by molar-refractivity contribution is 6.33. The number of carbonyl (C=O) groups excluding carboxylic acids is 1. The molecule has 1 aromatic heterocycles. The lowest BCUT2D eigenvalue weighted by atomic mass is 10.3. The molecule has 0 aliphatic heterocycles. The molecule has 1 aromatic carbocycles. The number of nitrogens with zero attached hydrogens (tertiary/aromatic N) is 3. The Labute approximate surface area is 115 Å². The molecule has 19 heavy (non-hydrogen) atoms. The normalized spacial score (nSPS) is 10.4. The molecular formula is C12H14ClN5O. The molecule has 2 aromatic rings. The van der Waals surface area contributed by atoms with E-state index in [2.05, 4.69) is 15.6 Å². The van der Waals surface area contributed by atoms with Crippen LogP contribution >= 0.6 is 11.6 Å². The van der Waals surface area contributed by atoms with Crippen LogP contribution in [0.15, 0.2) is 30.5 Å². The van der Waals surface area contributed by atoms with E-state index in [1.807, 2.05) is 0 Å². The van der Waals surface area contributed by atoms with Gasteiger partial charge in [0, 0.05) is 12.6 Å². The molecule has 0 unspecified atom stereocenters. The zero-order chi connectivity index (χ0) is 13.7. The lowest BCUT2D eigenvalue weighted by Crippen LogP contribution is -2.19. The summed E-state index contributed by atoms with van der Waals surface area (Å²) in [4.78, 5) is 11.8. The Morgan fingerprint density at radius 2 is 2.21 bits per heavy atom. The predicted molar refractivity (Wildman–Crippen MR) is 72.9 cm³/mol. The zero-order valence-corrected chi connectivity index (χ0v) is 11.0. The van der Waals surface area contributed by atoms with Crippen LogP contribution in [0.4, 0.5) is 5.69 Å². The highest BCUT2D eigenvalue weighted by atomic mass is 35.5. The minimum absolute atomic E-state index is 0.0861. The van der Waals surface area contributed by atoms with Crippen molar-refractivity contribution in [2.75, 3.05) is 11.9 Å². The van der Waals surface area contributed by atoms with Crippen LogP contribution in [0.1, 0.15) is 5.69 Å². The largest absolute Gasteiger partial charge is 0.330 e. The maximum atomic E-state index is 11.8. The molecule has 7 heteroatoms. The van der Waals surface area contributed by atoms with Crippen LogP contribution in [0.25, 0.3) is 0 Å². The zero-order valence-electron chi connectivity index (χ0n) is 10.2. The Hall–Kier alpha value is -1.92.